The van der Waals surface area contributed by atoms with E-state index in [-0.39, 0.29) is 6.61 Å². The normalized spacial score (nSPS) is 9.68. The topological polar surface area (TPSA) is 69.8 Å². The first-order valence-electron chi connectivity index (χ1n) is 5.74. The monoisotopic (exact) mass is 254 g/mol. The van der Waals surface area contributed by atoms with Crippen molar-refractivity contribution in [2.75, 3.05) is 5.32 Å². The van der Waals surface area contributed by atoms with Crippen molar-refractivity contribution in [3.8, 4) is 0 Å². The van der Waals surface area contributed by atoms with Crippen LogP contribution < -0.4 is 5.32 Å². The summed E-state index contributed by atoms with van der Waals surface area (Å²) in [6.45, 7) is 3.50. The molecule has 0 unspecified atom stereocenters. The lowest BCUT2D eigenvalue weighted by Gasteiger charge is -2.11. The van der Waals surface area contributed by atoms with Crippen molar-refractivity contribution < 1.29 is 4.84 Å². The minimum atomic E-state index is 0.242. The minimum absolute atomic E-state index is 0.242. The van der Waals surface area contributed by atoms with Gasteiger partial charge in [0.05, 0.1) is 5.69 Å². The molecule has 0 saturated carbocycles. The van der Waals surface area contributed by atoms with Gasteiger partial charge in [-0.3, -0.25) is 0 Å². The van der Waals surface area contributed by atoms with Crippen molar-refractivity contribution in [3.05, 3.63) is 54.1 Å². The van der Waals surface area contributed by atoms with E-state index in [1.54, 1.807) is 0 Å². The second-order valence-electron chi connectivity index (χ2n) is 3.82. The summed E-state index contributed by atoms with van der Waals surface area (Å²) in [7, 11) is 0. The van der Waals surface area contributed by atoms with Gasteiger partial charge in [0.15, 0.2) is 0 Å². The number of hydrogen-bond acceptors (Lipinski definition) is 5. The molecule has 0 atom stereocenters. The van der Waals surface area contributed by atoms with Crippen LogP contribution in [0.5, 0.6) is 0 Å². The van der Waals surface area contributed by atoms with Gasteiger partial charge in [-0.05, 0) is 18.2 Å². The largest absolute Gasteiger partial charge is 0.391 e. The Morgan fingerprint density at radius 2 is 1.89 bits per heavy atom. The molecule has 5 heteroatoms. The number of anilines is 2. The van der Waals surface area contributed by atoms with Crippen molar-refractivity contribution in [3.63, 3.8) is 0 Å². The molecule has 0 aliphatic carbocycles. The van der Waals surface area contributed by atoms with Crippen LogP contribution in [0.15, 0.2) is 58.8 Å². The van der Waals surface area contributed by atoms with Crippen molar-refractivity contribution in [1.82, 2.24) is 0 Å². The lowest BCUT2D eigenvalue weighted by atomic mass is 10.1. The Morgan fingerprint density at radius 3 is 2.58 bits per heavy atom. The standard InChI is InChI=1S/C14H14N4O/c1-16-19-10-11-6-5-9-13(14(11)18-15)17-12-7-3-2-4-8-12/h2-9,15,17H,1,10H2. The van der Waals surface area contributed by atoms with Gasteiger partial charge in [-0.15, -0.1) is 5.16 Å². The summed E-state index contributed by atoms with van der Waals surface area (Å²) < 4.78 is 0. The van der Waals surface area contributed by atoms with Gasteiger partial charge in [0.2, 0.25) is 0 Å². The molecule has 2 aromatic rings. The molecule has 0 amide bonds. The fourth-order valence-corrected chi connectivity index (χ4v) is 1.73. The van der Waals surface area contributed by atoms with Gasteiger partial charge in [-0.1, -0.05) is 30.3 Å². The summed E-state index contributed by atoms with van der Waals surface area (Å²) in [6.07, 6.45) is 0. The van der Waals surface area contributed by atoms with Gasteiger partial charge >= 0.3 is 0 Å². The van der Waals surface area contributed by atoms with Crippen LogP contribution in [-0.4, -0.2) is 6.72 Å². The molecule has 2 N–H and O–H groups in total. The Balaban J connectivity index is 2.29. The van der Waals surface area contributed by atoms with Gasteiger partial charge in [0.25, 0.3) is 0 Å². The van der Waals surface area contributed by atoms with Crippen LogP contribution in [0.1, 0.15) is 5.56 Å². The number of nitrogens with one attached hydrogen (secondary N) is 2. The highest BCUT2D eigenvalue weighted by molar-refractivity contribution is 5.74. The molecule has 2 rings (SSSR count). The first-order valence-corrected chi connectivity index (χ1v) is 5.74. The molecule has 5 nitrogen and oxygen atoms in total. The predicted molar refractivity (Wildman–Crippen MR) is 75.3 cm³/mol. The van der Waals surface area contributed by atoms with E-state index in [9.17, 15) is 0 Å². The summed E-state index contributed by atoms with van der Waals surface area (Å²) in [5.74, 6) is 0. The molecule has 0 radical (unpaired) electrons. The van der Waals surface area contributed by atoms with E-state index < -0.39 is 0 Å². The molecule has 0 saturated heterocycles. The predicted octanol–water partition coefficient (Wildman–Crippen LogP) is 4.22. The molecule has 0 spiro atoms. The number of hydrogen-bond donors (Lipinski definition) is 2. The van der Waals surface area contributed by atoms with Crippen LogP contribution in [-0.2, 0) is 11.4 Å². The van der Waals surface area contributed by atoms with E-state index in [2.05, 4.69) is 22.3 Å². The van der Waals surface area contributed by atoms with Gasteiger partial charge in [0, 0.05) is 18.0 Å². The number of rotatable bonds is 6. The molecule has 0 heterocycles. The van der Waals surface area contributed by atoms with Crippen molar-refractivity contribution in [2.24, 2.45) is 10.3 Å². The van der Waals surface area contributed by atoms with Crippen LogP contribution in [0.3, 0.4) is 0 Å². The Labute approximate surface area is 111 Å². The Kier molecular flexibility index (Phi) is 4.23. The molecule has 0 aromatic heterocycles. The van der Waals surface area contributed by atoms with Crippen LogP contribution >= 0.6 is 0 Å². The van der Waals surface area contributed by atoms with Crippen molar-refractivity contribution in [2.45, 2.75) is 6.61 Å². The molecule has 0 fully saturated rings. The maximum absolute atomic E-state index is 7.31. The Hall–Kier alpha value is -2.69. The zero-order chi connectivity index (χ0) is 13.5. The summed E-state index contributed by atoms with van der Waals surface area (Å²) in [5.41, 5.74) is 10.3. The highest BCUT2D eigenvalue weighted by Crippen LogP contribution is 2.32. The third-order valence-electron chi connectivity index (χ3n) is 2.60. The lowest BCUT2D eigenvalue weighted by Crippen LogP contribution is -1.94. The molecule has 0 aliphatic rings. The smallest absolute Gasteiger partial charge is 0.144 e. The van der Waals surface area contributed by atoms with Gasteiger partial charge in [0.1, 0.15) is 12.3 Å². The summed E-state index contributed by atoms with van der Waals surface area (Å²) in [5, 5.41) is 10.1. The highest BCUT2D eigenvalue weighted by Gasteiger charge is 2.08. The average Bonchev–Trinajstić information content (AvgIpc) is 2.46. The average molecular weight is 254 g/mol. The SMILES string of the molecule is C=NOCc1cccc(Nc2ccccc2)c1N=N. The number of nitrogens with zero attached hydrogens (tertiary/aromatic N) is 2. The number of para-hydroxylation sites is 2. The zero-order valence-electron chi connectivity index (χ0n) is 10.3. The molecular weight excluding hydrogens is 240 g/mol. The number of benzene rings is 2. The molecular formula is C14H14N4O. The minimum Gasteiger partial charge on any atom is -0.391 e. The fourth-order valence-electron chi connectivity index (χ4n) is 1.73. The van der Waals surface area contributed by atoms with Crippen LogP contribution in [0.2, 0.25) is 0 Å². The van der Waals surface area contributed by atoms with E-state index in [0.29, 0.717) is 5.69 Å². The van der Waals surface area contributed by atoms with Crippen molar-refractivity contribution in [1.29, 1.82) is 5.53 Å². The van der Waals surface area contributed by atoms with E-state index in [0.717, 1.165) is 16.9 Å². The van der Waals surface area contributed by atoms with Crippen molar-refractivity contribution >= 4 is 23.8 Å². The summed E-state index contributed by atoms with van der Waals surface area (Å²) in [6, 6.07) is 15.3. The second-order valence-corrected chi connectivity index (χ2v) is 3.82. The highest BCUT2D eigenvalue weighted by atomic mass is 16.6. The van der Waals surface area contributed by atoms with Crippen LogP contribution in [0, 0.1) is 5.53 Å². The third kappa shape index (κ3) is 3.16. The quantitative estimate of drug-likeness (QED) is 0.460. The maximum atomic E-state index is 7.31. The Morgan fingerprint density at radius 1 is 1.11 bits per heavy atom. The van der Waals surface area contributed by atoms with E-state index >= 15 is 0 Å². The first kappa shape index (κ1) is 12.8. The van der Waals surface area contributed by atoms with E-state index in [1.165, 1.54) is 0 Å². The summed E-state index contributed by atoms with van der Waals surface area (Å²) in [4.78, 5) is 4.91. The summed E-state index contributed by atoms with van der Waals surface area (Å²) >= 11 is 0. The van der Waals surface area contributed by atoms with E-state index in [1.807, 2.05) is 48.5 Å². The fraction of sp³-hybridized carbons (Fsp3) is 0.0714. The number of oxime groups is 1. The van der Waals surface area contributed by atoms with Gasteiger partial charge in [-0.2, -0.15) is 5.11 Å². The zero-order valence-corrected chi connectivity index (χ0v) is 10.3. The molecule has 0 bridgehead atoms. The van der Waals surface area contributed by atoms with Crippen LogP contribution in [0.25, 0.3) is 0 Å². The molecule has 2 aromatic carbocycles. The second kappa shape index (κ2) is 6.30. The lowest BCUT2D eigenvalue weighted by molar-refractivity contribution is 0.133. The van der Waals surface area contributed by atoms with Gasteiger partial charge in [-0.25, -0.2) is 5.53 Å². The van der Waals surface area contributed by atoms with Crippen LogP contribution in [0.4, 0.5) is 17.1 Å². The first-order chi connectivity index (χ1) is 9.35. The molecule has 96 valence electrons. The van der Waals surface area contributed by atoms with E-state index in [4.69, 9.17) is 10.4 Å². The maximum Gasteiger partial charge on any atom is 0.144 e. The van der Waals surface area contributed by atoms with Gasteiger partial charge < -0.3 is 10.2 Å². The Bertz CT molecular complexity index is 569. The molecule has 19 heavy (non-hydrogen) atoms. The molecule has 0 aliphatic heterocycles. The third-order valence-corrected chi connectivity index (χ3v) is 2.60.